The Morgan fingerprint density at radius 3 is 2.05 bits per heavy atom. The molecule has 0 radical (unpaired) electrons. The summed E-state index contributed by atoms with van der Waals surface area (Å²) in [5, 5.41) is 0. The van der Waals surface area contributed by atoms with Gasteiger partial charge in [0.2, 0.25) is 10.0 Å². The molecule has 1 aliphatic heterocycles. The number of hydrogen-bond donors (Lipinski definition) is 1. The predicted molar refractivity (Wildman–Crippen MR) is 82.5 cm³/mol. The average Bonchev–Trinajstić information content (AvgIpc) is 2.70. The van der Waals surface area contributed by atoms with E-state index >= 15 is 0 Å². The van der Waals surface area contributed by atoms with Gasteiger partial charge in [-0.15, -0.1) is 0 Å². The van der Waals surface area contributed by atoms with Crippen molar-refractivity contribution in [2.24, 2.45) is 0 Å². The summed E-state index contributed by atoms with van der Waals surface area (Å²) in [7, 11) is -3.44. The van der Waals surface area contributed by atoms with E-state index in [0.29, 0.717) is 16.8 Å². The number of imide groups is 1. The maximum Gasteiger partial charge on any atom is 0.266 e. The molecular formula is C15H12N2O4S. The van der Waals surface area contributed by atoms with Crippen LogP contribution in [0.15, 0.2) is 48.5 Å². The third-order valence-electron chi connectivity index (χ3n) is 3.20. The Hall–Kier alpha value is -2.67. The molecule has 0 aliphatic carbocycles. The second-order valence-electron chi connectivity index (χ2n) is 4.92. The maximum atomic E-state index is 12.4. The first-order chi connectivity index (χ1) is 10.4. The smallest absolute Gasteiger partial charge is 0.266 e. The molecule has 1 heterocycles. The summed E-state index contributed by atoms with van der Waals surface area (Å²) in [5.74, 6) is -0.839. The van der Waals surface area contributed by atoms with E-state index in [1.165, 1.54) is 6.07 Å². The van der Waals surface area contributed by atoms with Gasteiger partial charge in [0.15, 0.2) is 0 Å². The molecule has 22 heavy (non-hydrogen) atoms. The van der Waals surface area contributed by atoms with Crippen molar-refractivity contribution in [3.05, 3.63) is 59.7 Å². The predicted octanol–water partition coefficient (Wildman–Crippen LogP) is 1.86. The van der Waals surface area contributed by atoms with Crippen molar-refractivity contribution >= 4 is 33.2 Å². The van der Waals surface area contributed by atoms with Gasteiger partial charge in [0.25, 0.3) is 11.8 Å². The van der Waals surface area contributed by atoms with Crippen LogP contribution in [0.3, 0.4) is 0 Å². The Balaban J connectivity index is 2.01. The van der Waals surface area contributed by atoms with Crippen molar-refractivity contribution in [1.29, 1.82) is 0 Å². The van der Waals surface area contributed by atoms with Gasteiger partial charge in [0.05, 0.1) is 28.8 Å². The second-order valence-corrected chi connectivity index (χ2v) is 6.66. The molecule has 0 saturated carbocycles. The van der Waals surface area contributed by atoms with Crippen LogP contribution >= 0.6 is 0 Å². The number of rotatable bonds is 3. The summed E-state index contributed by atoms with van der Waals surface area (Å²) in [5.41, 5.74) is 1.29. The molecule has 1 aliphatic rings. The molecular weight excluding hydrogens is 304 g/mol. The van der Waals surface area contributed by atoms with E-state index in [-0.39, 0.29) is 5.69 Å². The first-order valence-corrected chi connectivity index (χ1v) is 8.31. The van der Waals surface area contributed by atoms with Gasteiger partial charge in [-0.05, 0) is 30.3 Å². The summed E-state index contributed by atoms with van der Waals surface area (Å²) in [4.78, 5) is 25.8. The molecule has 1 N–H and O–H groups in total. The normalized spacial score (nSPS) is 14.1. The number of amides is 2. The zero-order valence-electron chi connectivity index (χ0n) is 11.6. The molecule has 0 aromatic heterocycles. The van der Waals surface area contributed by atoms with Crippen LogP contribution in [-0.2, 0) is 10.0 Å². The van der Waals surface area contributed by atoms with E-state index in [4.69, 9.17) is 0 Å². The van der Waals surface area contributed by atoms with Crippen molar-refractivity contribution < 1.29 is 18.0 Å². The van der Waals surface area contributed by atoms with Gasteiger partial charge in [0, 0.05) is 0 Å². The molecule has 0 fully saturated rings. The largest absolute Gasteiger partial charge is 0.284 e. The van der Waals surface area contributed by atoms with E-state index in [9.17, 15) is 18.0 Å². The number of sulfonamides is 1. The SMILES string of the molecule is CS(=O)(=O)Nc1cccc(N2C(=O)c3ccccc3C2=O)c1. The van der Waals surface area contributed by atoms with Gasteiger partial charge in [-0.1, -0.05) is 18.2 Å². The van der Waals surface area contributed by atoms with E-state index in [1.807, 2.05) is 0 Å². The number of carbonyl (C=O) groups excluding carboxylic acids is 2. The fourth-order valence-electron chi connectivity index (χ4n) is 2.35. The first kappa shape index (κ1) is 14.3. The van der Waals surface area contributed by atoms with E-state index in [2.05, 4.69) is 4.72 Å². The fraction of sp³-hybridized carbons (Fsp3) is 0.0667. The summed E-state index contributed by atoms with van der Waals surface area (Å²) in [6.45, 7) is 0. The molecule has 2 amide bonds. The quantitative estimate of drug-likeness (QED) is 0.876. The monoisotopic (exact) mass is 316 g/mol. The van der Waals surface area contributed by atoms with Gasteiger partial charge in [0.1, 0.15) is 0 Å². The highest BCUT2D eigenvalue weighted by Crippen LogP contribution is 2.29. The second kappa shape index (κ2) is 4.96. The molecule has 0 saturated heterocycles. The lowest BCUT2D eigenvalue weighted by Crippen LogP contribution is -2.29. The molecule has 6 nitrogen and oxygen atoms in total. The number of hydrogen-bond acceptors (Lipinski definition) is 4. The van der Waals surface area contributed by atoms with Gasteiger partial charge in [-0.3, -0.25) is 14.3 Å². The van der Waals surface area contributed by atoms with Gasteiger partial charge >= 0.3 is 0 Å². The molecule has 112 valence electrons. The Morgan fingerprint density at radius 2 is 1.50 bits per heavy atom. The van der Waals surface area contributed by atoms with Crippen LogP contribution in [0.5, 0.6) is 0 Å². The van der Waals surface area contributed by atoms with Crippen molar-refractivity contribution in [3.63, 3.8) is 0 Å². The minimum absolute atomic E-state index is 0.288. The zero-order chi connectivity index (χ0) is 15.9. The summed E-state index contributed by atoms with van der Waals surface area (Å²) >= 11 is 0. The number of carbonyl (C=O) groups is 2. The maximum absolute atomic E-state index is 12.4. The Bertz CT molecular complexity index is 855. The standard InChI is InChI=1S/C15H12N2O4S/c1-22(20,21)16-10-5-4-6-11(9-10)17-14(18)12-7-2-3-8-13(12)15(17)19/h2-9,16H,1H3. The van der Waals surface area contributed by atoms with Crippen LogP contribution in [0.1, 0.15) is 20.7 Å². The molecule has 2 aromatic rings. The molecule has 2 aromatic carbocycles. The van der Waals surface area contributed by atoms with E-state index in [1.54, 1.807) is 42.5 Å². The van der Waals surface area contributed by atoms with Crippen molar-refractivity contribution in [2.45, 2.75) is 0 Å². The highest BCUT2D eigenvalue weighted by Gasteiger charge is 2.36. The third kappa shape index (κ3) is 2.46. The minimum atomic E-state index is -3.44. The molecule has 0 unspecified atom stereocenters. The Kier molecular flexibility index (Phi) is 3.22. The number of benzene rings is 2. The highest BCUT2D eigenvalue weighted by atomic mass is 32.2. The van der Waals surface area contributed by atoms with Crippen LogP contribution in [0.2, 0.25) is 0 Å². The Morgan fingerprint density at radius 1 is 0.909 bits per heavy atom. The topological polar surface area (TPSA) is 83.6 Å². The lowest BCUT2D eigenvalue weighted by molar-refractivity contribution is 0.0926. The number of anilines is 2. The fourth-order valence-corrected chi connectivity index (χ4v) is 2.90. The van der Waals surface area contributed by atoms with Crippen LogP contribution in [0.4, 0.5) is 11.4 Å². The van der Waals surface area contributed by atoms with Crippen LogP contribution in [0, 0.1) is 0 Å². The average molecular weight is 316 g/mol. The lowest BCUT2D eigenvalue weighted by Gasteiger charge is -2.15. The van der Waals surface area contributed by atoms with Gasteiger partial charge in [-0.2, -0.15) is 0 Å². The molecule has 0 bridgehead atoms. The Labute approximate surface area is 127 Å². The van der Waals surface area contributed by atoms with Crippen LogP contribution < -0.4 is 9.62 Å². The van der Waals surface area contributed by atoms with Gasteiger partial charge < -0.3 is 0 Å². The van der Waals surface area contributed by atoms with Gasteiger partial charge in [-0.25, -0.2) is 13.3 Å². The van der Waals surface area contributed by atoms with E-state index < -0.39 is 21.8 Å². The third-order valence-corrected chi connectivity index (χ3v) is 3.81. The van der Waals surface area contributed by atoms with Crippen molar-refractivity contribution in [2.75, 3.05) is 15.9 Å². The number of fused-ring (bicyclic) bond motifs is 1. The summed E-state index contributed by atoms with van der Waals surface area (Å²) in [6.07, 6.45) is 1.03. The number of nitrogens with one attached hydrogen (secondary N) is 1. The molecule has 0 atom stereocenters. The molecule has 7 heteroatoms. The molecule has 0 spiro atoms. The minimum Gasteiger partial charge on any atom is -0.284 e. The highest BCUT2D eigenvalue weighted by molar-refractivity contribution is 7.92. The van der Waals surface area contributed by atoms with E-state index in [0.717, 1.165) is 11.2 Å². The summed E-state index contributed by atoms with van der Waals surface area (Å²) < 4.78 is 24.9. The van der Waals surface area contributed by atoms with Crippen LogP contribution in [-0.4, -0.2) is 26.5 Å². The van der Waals surface area contributed by atoms with Crippen molar-refractivity contribution in [1.82, 2.24) is 0 Å². The van der Waals surface area contributed by atoms with Crippen molar-refractivity contribution in [3.8, 4) is 0 Å². The van der Waals surface area contributed by atoms with Crippen LogP contribution in [0.25, 0.3) is 0 Å². The molecule has 3 rings (SSSR count). The summed E-state index contributed by atoms with van der Waals surface area (Å²) in [6, 6.07) is 12.7. The first-order valence-electron chi connectivity index (χ1n) is 6.42. The lowest BCUT2D eigenvalue weighted by atomic mass is 10.1. The zero-order valence-corrected chi connectivity index (χ0v) is 12.4. The number of nitrogens with zero attached hydrogens (tertiary/aromatic N) is 1.